The predicted octanol–water partition coefficient (Wildman–Crippen LogP) is 1.50. The molecule has 0 fully saturated rings. The Morgan fingerprint density at radius 1 is 1.44 bits per heavy atom. The van der Waals surface area contributed by atoms with Gasteiger partial charge in [0, 0.05) is 19.3 Å². The first-order valence-electron chi connectivity index (χ1n) is 5.80. The number of amides is 2. The van der Waals surface area contributed by atoms with Crippen molar-refractivity contribution in [1.82, 2.24) is 20.4 Å². The lowest BCUT2D eigenvalue weighted by molar-refractivity contribution is 0.240. The molecular formula is C11H20N4O. The van der Waals surface area contributed by atoms with Gasteiger partial charge in [-0.3, -0.25) is 4.68 Å². The van der Waals surface area contributed by atoms with E-state index in [1.54, 1.807) is 0 Å². The Labute approximate surface area is 96.2 Å². The van der Waals surface area contributed by atoms with Gasteiger partial charge in [0.25, 0.3) is 0 Å². The van der Waals surface area contributed by atoms with Gasteiger partial charge >= 0.3 is 6.03 Å². The van der Waals surface area contributed by atoms with E-state index in [2.05, 4.69) is 22.7 Å². The molecule has 1 rings (SSSR count). The lowest BCUT2D eigenvalue weighted by Crippen LogP contribution is -2.35. The number of aromatic nitrogens is 2. The second kappa shape index (κ2) is 6.87. The maximum Gasteiger partial charge on any atom is 0.315 e. The van der Waals surface area contributed by atoms with Gasteiger partial charge in [-0.15, -0.1) is 0 Å². The average Bonchev–Trinajstić information content (AvgIpc) is 2.74. The zero-order valence-electron chi connectivity index (χ0n) is 9.99. The summed E-state index contributed by atoms with van der Waals surface area (Å²) in [5.41, 5.74) is 0.882. The van der Waals surface area contributed by atoms with Crippen LogP contribution in [0.1, 0.15) is 32.4 Å². The van der Waals surface area contributed by atoms with Crippen LogP contribution in [-0.2, 0) is 13.1 Å². The number of nitrogens with one attached hydrogen (secondary N) is 2. The van der Waals surface area contributed by atoms with E-state index in [4.69, 9.17) is 0 Å². The van der Waals surface area contributed by atoms with Crippen LogP contribution in [0.15, 0.2) is 12.3 Å². The van der Waals surface area contributed by atoms with E-state index in [-0.39, 0.29) is 6.03 Å². The molecule has 1 aromatic rings. The molecule has 0 unspecified atom stereocenters. The average molecular weight is 224 g/mol. The van der Waals surface area contributed by atoms with E-state index in [0.717, 1.165) is 31.6 Å². The topological polar surface area (TPSA) is 59.0 Å². The summed E-state index contributed by atoms with van der Waals surface area (Å²) in [7, 11) is 0. The van der Waals surface area contributed by atoms with Crippen molar-refractivity contribution in [2.75, 3.05) is 6.54 Å². The minimum Gasteiger partial charge on any atom is -0.338 e. The first-order valence-corrected chi connectivity index (χ1v) is 5.80. The summed E-state index contributed by atoms with van der Waals surface area (Å²) in [4.78, 5) is 11.3. The predicted molar refractivity (Wildman–Crippen MR) is 63.0 cm³/mol. The molecule has 0 saturated carbocycles. The Morgan fingerprint density at radius 3 is 2.88 bits per heavy atom. The van der Waals surface area contributed by atoms with Gasteiger partial charge in [-0.2, -0.15) is 5.10 Å². The lowest BCUT2D eigenvalue weighted by Gasteiger charge is -2.05. The standard InChI is InChI=1S/C11H20N4O/c1-3-5-7-12-11(16)13-9-10-6-8-15(4-2)14-10/h6,8H,3-5,7,9H2,1-2H3,(H2,12,13,16). The van der Waals surface area contributed by atoms with Crippen molar-refractivity contribution < 1.29 is 4.79 Å². The lowest BCUT2D eigenvalue weighted by atomic mass is 10.3. The number of carbonyl (C=O) groups excluding carboxylic acids is 1. The molecule has 0 aliphatic carbocycles. The Morgan fingerprint density at radius 2 is 2.25 bits per heavy atom. The normalized spacial score (nSPS) is 10.1. The van der Waals surface area contributed by atoms with Gasteiger partial charge < -0.3 is 10.6 Å². The molecule has 0 saturated heterocycles. The number of aryl methyl sites for hydroxylation is 1. The van der Waals surface area contributed by atoms with Crippen LogP contribution in [0.2, 0.25) is 0 Å². The van der Waals surface area contributed by atoms with E-state index in [0.29, 0.717) is 6.54 Å². The van der Waals surface area contributed by atoms with E-state index in [1.165, 1.54) is 0 Å². The van der Waals surface area contributed by atoms with Crippen LogP contribution in [0.5, 0.6) is 0 Å². The SMILES string of the molecule is CCCCNC(=O)NCc1ccn(CC)n1. The smallest absolute Gasteiger partial charge is 0.315 e. The van der Waals surface area contributed by atoms with Crippen molar-refractivity contribution >= 4 is 6.03 Å². The minimum atomic E-state index is -0.125. The molecule has 1 aromatic heterocycles. The Hall–Kier alpha value is -1.52. The molecule has 5 nitrogen and oxygen atoms in total. The van der Waals surface area contributed by atoms with Gasteiger partial charge in [0.15, 0.2) is 0 Å². The van der Waals surface area contributed by atoms with Crippen molar-refractivity contribution in [3.8, 4) is 0 Å². The number of unbranched alkanes of at least 4 members (excludes halogenated alkanes) is 1. The van der Waals surface area contributed by atoms with Crippen molar-refractivity contribution in [3.05, 3.63) is 18.0 Å². The van der Waals surface area contributed by atoms with Crippen molar-refractivity contribution in [2.24, 2.45) is 0 Å². The van der Waals surface area contributed by atoms with Gasteiger partial charge in [-0.05, 0) is 19.4 Å². The summed E-state index contributed by atoms with van der Waals surface area (Å²) in [6, 6.07) is 1.79. The third-order valence-electron chi connectivity index (χ3n) is 2.27. The van der Waals surface area contributed by atoms with Crippen LogP contribution in [-0.4, -0.2) is 22.4 Å². The van der Waals surface area contributed by atoms with E-state index in [1.807, 2.05) is 23.9 Å². The molecule has 0 aromatic carbocycles. The molecule has 0 radical (unpaired) electrons. The third-order valence-corrected chi connectivity index (χ3v) is 2.27. The maximum absolute atomic E-state index is 11.3. The first kappa shape index (κ1) is 12.5. The molecule has 0 bridgehead atoms. The van der Waals surface area contributed by atoms with Gasteiger partial charge in [0.05, 0.1) is 12.2 Å². The minimum absolute atomic E-state index is 0.125. The second-order valence-corrected chi connectivity index (χ2v) is 3.63. The maximum atomic E-state index is 11.3. The highest BCUT2D eigenvalue weighted by Crippen LogP contribution is 1.94. The van der Waals surface area contributed by atoms with Crippen molar-refractivity contribution in [2.45, 2.75) is 39.8 Å². The molecular weight excluding hydrogens is 204 g/mol. The summed E-state index contributed by atoms with van der Waals surface area (Å²) in [5, 5.41) is 9.83. The number of rotatable bonds is 6. The highest BCUT2D eigenvalue weighted by atomic mass is 16.2. The Bertz CT molecular complexity index is 322. The third kappa shape index (κ3) is 4.33. The van der Waals surface area contributed by atoms with Crippen LogP contribution >= 0.6 is 0 Å². The van der Waals surface area contributed by atoms with E-state index < -0.39 is 0 Å². The molecule has 16 heavy (non-hydrogen) atoms. The molecule has 0 atom stereocenters. The van der Waals surface area contributed by atoms with Gasteiger partial charge in [0.2, 0.25) is 0 Å². The highest BCUT2D eigenvalue weighted by Gasteiger charge is 2.01. The largest absolute Gasteiger partial charge is 0.338 e. The van der Waals surface area contributed by atoms with E-state index in [9.17, 15) is 4.79 Å². The Balaban J connectivity index is 2.20. The summed E-state index contributed by atoms with van der Waals surface area (Å²) in [5.74, 6) is 0. The van der Waals surface area contributed by atoms with Gasteiger partial charge in [-0.25, -0.2) is 4.79 Å². The van der Waals surface area contributed by atoms with Crippen LogP contribution in [0, 0.1) is 0 Å². The van der Waals surface area contributed by atoms with E-state index >= 15 is 0 Å². The van der Waals surface area contributed by atoms with Crippen molar-refractivity contribution in [3.63, 3.8) is 0 Å². The molecule has 2 N–H and O–H groups in total. The summed E-state index contributed by atoms with van der Waals surface area (Å²) in [6.07, 6.45) is 4.01. The van der Waals surface area contributed by atoms with Crippen LogP contribution in [0.25, 0.3) is 0 Å². The second-order valence-electron chi connectivity index (χ2n) is 3.63. The van der Waals surface area contributed by atoms with Crippen molar-refractivity contribution in [1.29, 1.82) is 0 Å². The van der Waals surface area contributed by atoms with Crippen LogP contribution in [0.3, 0.4) is 0 Å². The zero-order chi connectivity index (χ0) is 11.8. The fourth-order valence-corrected chi connectivity index (χ4v) is 1.29. The molecule has 5 heteroatoms. The molecule has 0 aliphatic heterocycles. The fourth-order valence-electron chi connectivity index (χ4n) is 1.29. The zero-order valence-corrected chi connectivity index (χ0v) is 9.99. The van der Waals surface area contributed by atoms with Crippen LogP contribution < -0.4 is 10.6 Å². The summed E-state index contributed by atoms with van der Waals surface area (Å²) in [6.45, 7) is 6.18. The summed E-state index contributed by atoms with van der Waals surface area (Å²) < 4.78 is 1.84. The van der Waals surface area contributed by atoms with Gasteiger partial charge in [-0.1, -0.05) is 13.3 Å². The molecule has 0 spiro atoms. The number of carbonyl (C=O) groups is 1. The number of hydrogen-bond donors (Lipinski definition) is 2. The quantitative estimate of drug-likeness (QED) is 0.719. The molecule has 0 aliphatic rings. The number of hydrogen-bond acceptors (Lipinski definition) is 2. The molecule has 1 heterocycles. The highest BCUT2D eigenvalue weighted by molar-refractivity contribution is 5.73. The number of nitrogens with zero attached hydrogens (tertiary/aromatic N) is 2. The first-order chi connectivity index (χ1) is 7.76. The molecule has 2 amide bonds. The van der Waals surface area contributed by atoms with Crippen LogP contribution in [0.4, 0.5) is 4.79 Å². The monoisotopic (exact) mass is 224 g/mol. The fraction of sp³-hybridized carbons (Fsp3) is 0.636. The number of urea groups is 1. The Kier molecular flexibility index (Phi) is 5.39. The van der Waals surface area contributed by atoms with Gasteiger partial charge in [0.1, 0.15) is 0 Å². The molecule has 90 valence electrons. The summed E-state index contributed by atoms with van der Waals surface area (Å²) >= 11 is 0.